The number of nitrogens with one attached hydrogen (secondary N) is 1. The van der Waals surface area contributed by atoms with Crippen molar-refractivity contribution in [1.82, 2.24) is 5.32 Å². The van der Waals surface area contributed by atoms with Crippen molar-refractivity contribution in [2.75, 3.05) is 13.2 Å². The molecular formula is C5H10NO3P. The lowest BCUT2D eigenvalue weighted by Gasteiger charge is -2.03. The van der Waals surface area contributed by atoms with E-state index in [9.17, 15) is 9.36 Å². The van der Waals surface area contributed by atoms with Gasteiger partial charge in [-0.15, -0.1) is 6.58 Å². The Hall–Kier alpha value is -0.600. The molecule has 0 heterocycles. The Morgan fingerprint density at radius 1 is 1.90 bits per heavy atom. The summed E-state index contributed by atoms with van der Waals surface area (Å²) in [5.74, 6) is 0. The molecule has 0 aliphatic heterocycles. The largest absolute Gasteiger partial charge is 0.344 e. The summed E-state index contributed by atoms with van der Waals surface area (Å²) in [5, 5.41) is 2.20. The standard InChI is InChI=1S/C5H10NO3P/c1-3-4-6-5(7)10(2,8)9/h3H,1,4H2,2H3,(H,6,7)(H,8,9). The molecule has 1 amide bonds. The van der Waals surface area contributed by atoms with Crippen LogP contribution in [0.15, 0.2) is 12.7 Å². The number of carbonyl (C=O) groups is 1. The number of rotatable bonds is 3. The lowest BCUT2D eigenvalue weighted by atomic mass is 10.6. The van der Waals surface area contributed by atoms with Crippen molar-refractivity contribution in [3.05, 3.63) is 12.7 Å². The van der Waals surface area contributed by atoms with Crippen molar-refractivity contribution < 1.29 is 14.3 Å². The minimum atomic E-state index is -3.58. The molecule has 0 spiro atoms. The zero-order valence-electron chi connectivity index (χ0n) is 5.70. The van der Waals surface area contributed by atoms with E-state index in [2.05, 4.69) is 11.9 Å². The van der Waals surface area contributed by atoms with Crippen LogP contribution in [-0.4, -0.2) is 23.8 Å². The molecule has 0 saturated carbocycles. The lowest BCUT2D eigenvalue weighted by Crippen LogP contribution is -2.20. The Morgan fingerprint density at radius 3 is 2.70 bits per heavy atom. The third-order valence-corrected chi connectivity index (χ3v) is 1.69. The van der Waals surface area contributed by atoms with Gasteiger partial charge in [-0.1, -0.05) is 6.08 Å². The van der Waals surface area contributed by atoms with Crippen LogP contribution < -0.4 is 5.32 Å². The van der Waals surface area contributed by atoms with E-state index in [1.165, 1.54) is 6.08 Å². The monoisotopic (exact) mass is 163 g/mol. The minimum Gasteiger partial charge on any atom is -0.344 e. The molecule has 10 heavy (non-hydrogen) atoms. The Bertz CT molecular complexity index is 183. The molecule has 0 bridgehead atoms. The molecule has 1 atom stereocenters. The van der Waals surface area contributed by atoms with E-state index in [0.29, 0.717) is 0 Å². The Kier molecular flexibility index (Phi) is 3.33. The molecule has 58 valence electrons. The highest BCUT2D eigenvalue weighted by molar-refractivity contribution is 7.74. The number of hydrogen-bond acceptors (Lipinski definition) is 2. The molecule has 0 aromatic heterocycles. The first-order valence-corrected chi connectivity index (χ1v) is 4.78. The van der Waals surface area contributed by atoms with E-state index in [-0.39, 0.29) is 6.54 Å². The van der Waals surface area contributed by atoms with Gasteiger partial charge in [0, 0.05) is 13.2 Å². The first kappa shape index (κ1) is 9.40. The van der Waals surface area contributed by atoms with Crippen molar-refractivity contribution in [1.29, 1.82) is 0 Å². The first-order valence-electron chi connectivity index (χ1n) is 2.68. The topological polar surface area (TPSA) is 66.4 Å². The number of carbonyl (C=O) groups excluding carboxylic acids is 1. The highest BCUT2D eigenvalue weighted by Crippen LogP contribution is 2.35. The fourth-order valence-corrected chi connectivity index (χ4v) is 0.691. The first-order chi connectivity index (χ1) is 4.48. The molecule has 0 fully saturated rings. The quantitative estimate of drug-likeness (QED) is 0.477. The molecule has 0 radical (unpaired) electrons. The van der Waals surface area contributed by atoms with E-state index in [4.69, 9.17) is 4.89 Å². The van der Waals surface area contributed by atoms with Gasteiger partial charge in [0.1, 0.15) is 0 Å². The fourth-order valence-electron chi connectivity index (χ4n) is 0.306. The SMILES string of the molecule is C=CCNC(=O)P(C)(=O)O. The third-order valence-electron chi connectivity index (χ3n) is 0.774. The second-order valence-corrected chi connectivity index (χ2v) is 4.02. The summed E-state index contributed by atoms with van der Waals surface area (Å²) in [6.45, 7) is 4.54. The molecule has 2 N–H and O–H groups in total. The van der Waals surface area contributed by atoms with Crippen molar-refractivity contribution in [2.24, 2.45) is 0 Å². The molecule has 0 aliphatic rings. The summed E-state index contributed by atoms with van der Waals surface area (Å²) in [4.78, 5) is 19.2. The normalized spacial score (nSPS) is 15.4. The van der Waals surface area contributed by atoms with Crippen molar-refractivity contribution in [2.45, 2.75) is 0 Å². The van der Waals surface area contributed by atoms with Gasteiger partial charge < -0.3 is 10.2 Å². The maximum Gasteiger partial charge on any atom is 0.305 e. The van der Waals surface area contributed by atoms with Gasteiger partial charge in [0.25, 0.3) is 7.37 Å². The van der Waals surface area contributed by atoms with Crippen LogP contribution in [0, 0.1) is 0 Å². The maximum atomic E-state index is 10.6. The van der Waals surface area contributed by atoms with Crippen LogP contribution in [0.1, 0.15) is 0 Å². The van der Waals surface area contributed by atoms with Crippen LogP contribution in [0.2, 0.25) is 0 Å². The Morgan fingerprint density at radius 2 is 2.40 bits per heavy atom. The predicted molar refractivity (Wildman–Crippen MR) is 39.3 cm³/mol. The van der Waals surface area contributed by atoms with Gasteiger partial charge in [0.15, 0.2) is 0 Å². The third kappa shape index (κ3) is 3.43. The van der Waals surface area contributed by atoms with Crippen LogP contribution in [0.5, 0.6) is 0 Å². The Balaban J connectivity index is 3.87. The average molecular weight is 163 g/mol. The second-order valence-electron chi connectivity index (χ2n) is 1.85. The van der Waals surface area contributed by atoms with Gasteiger partial charge in [-0.05, 0) is 0 Å². The molecule has 0 aromatic rings. The zero-order valence-corrected chi connectivity index (χ0v) is 6.60. The summed E-state index contributed by atoms with van der Waals surface area (Å²) in [5.41, 5.74) is -0.826. The van der Waals surface area contributed by atoms with Gasteiger partial charge in [-0.25, -0.2) is 0 Å². The van der Waals surface area contributed by atoms with Crippen LogP contribution in [0.25, 0.3) is 0 Å². The van der Waals surface area contributed by atoms with Gasteiger partial charge in [0.05, 0.1) is 0 Å². The van der Waals surface area contributed by atoms with Crippen molar-refractivity contribution >= 4 is 13.0 Å². The maximum absolute atomic E-state index is 10.6. The predicted octanol–water partition coefficient (Wildman–Crippen LogP) is 0.782. The van der Waals surface area contributed by atoms with E-state index in [0.717, 1.165) is 6.66 Å². The van der Waals surface area contributed by atoms with E-state index < -0.39 is 13.0 Å². The second kappa shape index (κ2) is 3.54. The molecule has 0 saturated heterocycles. The molecule has 0 rings (SSSR count). The van der Waals surface area contributed by atoms with Gasteiger partial charge in [-0.2, -0.15) is 0 Å². The minimum absolute atomic E-state index is 0.219. The summed E-state index contributed by atoms with van der Waals surface area (Å²) in [6, 6.07) is 0. The van der Waals surface area contributed by atoms with Crippen LogP contribution in [0.4, 0.5) is 4.79 Å². The summed E-state index contributed by atoms with van der Waals surface area (Å²) < 4.78 is 10.5. The Labute approximate surface area is 59.4 Å². The summed E-state index contributed by atoms with van der Waals surface area (Å²) in [7, 11) is -3.58. The van der Waals surface area contributed by atoms with E-state index >= 15 is 0 Å². The molecule has 5 heteroatoms. The summed E-state index contributed by atoms with van der Waals surface area (Å²) >= 11 is 0. The highest BCUT2D eigenvalue weighted by Gasteiger charge is 2.20. The summed E-state index contributed by atoms with van der Waals surface area (Å²) in [6.07, 6.45) is 1.44. The molecular weight excluding hydrogens is 153 g/mol. The lowest BCUT2D eigenvalue weighted by molar-refractivity contribution is 0.256. The number of hydrogen-bond donors (Lipinski definition) is 2. The van der Waals surface area contributed by atoms with Gasteiger partial charge in [0.2, 0.25) is 0 Å². The highest BCUT2D eigenvalue weighted by atomic mass is 31.2. The smallest absolute Gasteiger partial charge is 0.305 e. The zero-order chi connectivity index (χ0) is 8.20. The average Bonchev–Trinajstić information content (AvgIpc) is 1.80. The van der Waals surface area contributed by atoms with Crippen molar-refractivity contribution in [3.63, 3.8) is 0 Å². The van der Waals surface area contributed by atoms with Crippen LogP contribution in [0.3, 0.4) is 0 Å². The van der Waals surface area contributed by atoms with Gasteiger partial charge >= 0.3 is 5.65 Å². The van der Waals surface area contributed by atoms with Crippen LogP contribution >= 0.6 is 7.37 Å². The molecule has 1 unspecified atom stereocenters. The number of amides is 1. The molecule has 4 nitrogen and oxygen atoms in total. The van der Waals surface area contributed by atoms with Crippen LogP contribution in [-0.2, 0) is 4.57 Å². The molecule has 0 aromatic carbocycles. The molecule has 0 aliphatic carbocycles. The van der Waals surface area contributed by atoms with E-state index in [1.54, 1.807) is 0 Å². The van der Waals surface area contributed by atoms with Crippen molar-refractivity contribution in [3.8, 4) is 0 Å². The fraction of sp³-hybridized carbons (Fsp3) is 0.400. The van der Waals surface area contributed by atoms with E-state index in [1.807, 2.05) is 0 Å². The van der Waals surface area contributed by atoms with Gasteiger partial charge in [-0.3, -0.25) is 9.36 Å².